The van der Waals surface area contributed by atoms with E-state index in [-0.39, 0.29) is 5.41 Å². The van der Waals surface area contributed by atoms with Crippen LogP contribution < -0.4 is 0 Å². The van der Waals surface area contributed by atoms with Gasteiger partial charge in [0.25, 0.3) is 0 Å². The maximum atomic E-state index is 6.40. The highest BCUT2D eigenvalue weighted by Gasteiger charge is 2.18. The van der Waals surface area contributed by atoms with Gasteiger partial charge in [0.05, 0.1) is 5.69 Å². The number of pyridine rings is 1. The summed E-state index contributed by atoms with van der Waals surface area (Å²) in [6, 6.07) is 20.1. The number of fused-ring (bicyclic) bond motifs is 2. The van der Waals surface area contributed by atoms with E-state index in [2.05, 4.69) is 104 Å². The molecule has 0 N–H and O–H groups in total. The third-order valence-electron chi connectivity index (χ3n) is 7.05. The van der Waals surface area contributed by atoms with E-state index in [1.807, 2.05) is 12.3 Å². The Hall–Kier alpha value is -3.39. The molecule has 0 saturated heterocycles. The van der Waals surface area contributed by atoms with Crippen LogP contribution in [0.1, 0.15) is 68.4 Å². The van der Waals surface area contributed by atoms with Gasteiger partial charge in [0.2, 0.25) is 0 Å². The molecule has 2 heteroatoms. The first kappa shape index (κ1) is 24.3. The normalized spacial score (nSPS) is 12.2. The van der Waals surface area contributed by atoms with Crippen LogP contribution in [0.2, 0.25) is 0 Å². The Balaban J connectivity index is 1.65. The number of nitrogens with zero attached hydrogens (tertiary/aromatic N) is 1. The van der Waals surface area contributed by atoms with Crippen molar-refractivity contribution in [2.45, 2.75) is 67.7 Å². The maximum absolute atomic E-state index is 6.40. The summed E-state index contributed by atoms with van der Waals surface area (Å²) in [6.45, 7) is 18.0. The average Bonchev–Trinajstić information content (AvgIpc) is 3.21. The second-order valence-electron chi connectivity index (χ2n) is 12.0. The number of furan rings is 1. The molecule has 2 aromatic heterocycles. The van der Waals surface area contributed by atoms with Crippen LogP contribution in [0.15, 0.2) is 65.2 Å². The van der Waals surface area contributed by atoms with Gasteiger partial charge in [0, 0.05) is 22.7 Å². The summed E-state index contributed by atoms with van der Waals surface area (Å²) in [5, 5.41) is 3.70. The van der Waals surface area contributed by atoms with Crippen molar-refractivity contribution in [3.8, 4) is 22.6 Å². The number of aromatic nitrogens is 1. The van der Waals surface area contributed by atoms with Crippen LogP contribution in [0.4, 0.5) is 0 Å². The van der Waals surface area contributed by atoms with Gasteiger partial charge < -0.3 is 4.42 Å². The summed E-state index contributed by atoms with van der Waals surface area (Å²) in [5.74, 6) is 1.32. The zero-order valence-corrected chi connectivity index (χ0v) is 22.9. The summed E-state index contributed by atoms with van der Waals surface area (Å²) in [7, 11) is 0. The minimum atomic E-state index is 0.264. The molecule has 5 rings (SSSR count). The summed E-state index contributed by atoms with van der Waals surface area (Å²) >= 11 is 0. The van der Waals surface area contributed by atoms with Crippen LogP contribution in [-0.2, 0) is 6.42 Å². The van der Waals surface area contributed by atoms with Crippen LogP contribution in [0, 0.1) is 26.2 Å². The molecule has 0 spiro atoms. The zero-order chi connectivity index (χ0) is 25.8. The second kappa shape index (κ2) is 8.92. The van der Waals surface area contributed by atoms with Crippen molar-refractivity contribution < 1.29 is 4.42 Å². The van der Waals surface area contributed by atoms with Gasteiger partial charge in [-0.2, -0.15) is 0 Å². The molecular formula is C34H37NO. The molecule has 36 heavy (non-hydrogen) atoms. The minimum absolute atomic E-state index is 0.264. The van der Waals surface area contributed by atoms with Crippen molar-refractivity contribution in [3.05, 3.63) is 88.6 Å². The van der Waals surface area contributed by atoms with Gasteiger partial charge >= 0.3 is 0 Å². The predicted molar refractivity (Wildman–Crippen MR) is 154 cm³/mol. The zero-order valence-electron chi connectivity index (χ0n) is 22.9. The van der Waals surface area contributed by atoms with E-state index in [1.165, 1.54) is 38.6 Å². The van der Waals surface area contributed by atoms with Gasteiger partial charge in [0.1, 0.15) is 11.3 Å². The van der Waals surface area contributed by atoms with Crippen LogP contribution in [0.3, 0.4) is 0 Å². The Morgan fingerprint density at radius 1 is 0.861 bits per heavy atom. The number of aryl methyl sites for hydroxylation is 3. The number of rotatable bonds is 4. The quantitative estimate of drug-likeness (QED) is 0.258. The maximum Gasteiger partial charge on any atom is 0.138 e. The lowest BCUT2D eigenvalue weighted by atomic mass is 9.87. The van der Waals surface area contributed by atoms with Crippen molar-refractivity contribution in [2.75, 3.05) is 0 Å². The monoisotopic (exact) mass is 475 g/mol. The molecule has 5 aromatic rings. The highest BCUT2D eigenvalue weighted by atomic mass is 16.3. The molecule has 0 unspecified atom stereocenters. The summed E-state index contributed by atoms with van der Waals surface area (Å²) < 4.78 is 6.40. The molecule has 0 fully saturated rings. The van der Waals surface area contributed by atoms with Crippen LogP contribution in [-0.4, -0.2) is 4.98 Å². The molecule has 3 aromatic carbocycles. The Morgan fingerprint density at radius 3 is 2.33 bits per heavy atom. The van der Waals surface area contributed by atoms with Crippen molar-refractivity contribution in [3.63, 3.8) is 0 Å². The van der Waals surface area contributed by atoms with E-state index >= 15 is 0 Å². The third kappa shape index (κ3) is 4.57. The first-order valence-electron chi connectivity index (χ1n) is 13.0. The average molecular weight is 476 g/mol. The molecule has 0 saturated carbocycles. The smallest absolute Gasteiger partial charge is 0.138 e. The largest absolute Gasteiger partial charge is 0.456 e. The van der Waals surface area contributed by atoms with Crippen LogP contribution in [0.5, 0.6) is 0 Å². The molecule has 2 nitrogen and oxygen atoms in total. The highest BCUT2D eigenvalue weighted by Crippen LogP contribution is 2.38. The molecule has 0 bridgehead atoms. The molecule has 0 radical (unpaired) electrons. The van der Waals surface area contributed by atoms with Gasteiger partial charge in [-0.15, -0.1) is 0 Å². The summed E-state index contributed by atoms with van der Waals surface area (Å²) in [6.07, 6.45) is 2.92. The highest BCUT2D eigenvalue weighted by molar-refractivity contribution is 5.99. The fourth-order valence-corrected chi connectivity index (χ4v) is 5.60. The lowest BCUT2D eigenvalue weighted by Crippen LogP contribution is -2.09. The van der Waals surface area contributed by atoms with Crippen molar-refractivity contribution >= 4 is 21.7 Å². The Bertz CT molecular complexity index is 1590. The van der Waals surface area contributed by atoms with E-state index in [1.54, 1.807) is 0 Å². The van der Waals surface area contributed by atoms with E-state index in [0.717, 1.165) is 40.0 Å². The van der Waals surface area contributed by atoms with Gasteiger partial charge in [0.15, 0.2) is 0 Å². The standard InChI is InChI=1S/C34H37NO/c1-20(2)28-17-26(16-25-14-21(3)13-23(5)32(25)28)33-29-18-31(36-30(29)11-12-35-33)27-10-9-24(15-22(27)4)19-34(6,7)8/h9-18,20H,19H2,1-8H3. The first-order valence-corrected chi connectivity index (χ1v) is 13.0. The molecular weight excluding hydrogens is 438 g/mol. The van der Waals surface area contributed by atoms with Gasteiger partial charge in [-0.3, -0.25) is 4.98 Å². The molecule has 0 aliphatic rings. The van der Waals surface area contributed by atoms with Crippen molar-refractivity contribution in [1.29, 1.82) is 0 Å². The van der Waals surface area contributed by atoms with Crippen molar-refractivity contribution in [1.82, 2.24) is 4.98 Å². The fourth-order valence-electron chi connectivity index (χ4n) is 5.60. The van der Waals surface area contributed by atoms with Gasteiger partial charge in [-0.25, -0.2) is 0 Å². The number of hydrogen-bond acceptors (Lipinski definition) is 2. The Morgan fingerprint density at radius 2 is 1.64 bits per heavy atom. The van der Waals surface area contributed by atoms with E-state index in [0.29, 0.717) is 5.92 Å². The molecule has 2 heterocycles. The number of hydrogen-bond donors (Lipinski definition) is 0. The Kier molecular flexibility index (Phi) is 6.03. The first-order chi connectivity index (χ1) is 17.0. The summed E-state index contributed by atoms with van der Waals surface area (Å²) in [5.41, 5.74) is 11.0. The molecule has 0 aliphatic carbocycles. The molecule has 0 aliphatic heterocycles. The number of benzene rings is 3. The predicted octanol–water partition coefficient (Wildman–Crippen LogP) is 9.95. The second-order valence-corrected chi connectivity index (χ2v) is 12.0. The molecule has 184 valence electrons. The molecule has 0 atom stereocenters. The van der Waals surface area contributed by atoms with E-state index in [9.17, 15) is 0 Å². The lowest BCUT2D eigenvalue weighted by molar-refractivity contribution is 0.411. The minimum Gasteiger partial charge on any atom is -0.456 e. The fraction of sp³-hybridized carbons (Fsp3) is 0.324. The topological polar surface area (TPSA) is 26.0 Å². The van der Waals surface area contributed by atoms with Gasteiger partial charge in [-0.1, -0.05) is 70.5 Å². The summed E-state index contributed by atoms with van der Waals surface area (Å²) in [4.78, 5) is 4.85. The van der Waals surface area contributed by atoms with Crippen LogP contribution >= 0.6 is 0 Å². The molecule has 0 amide bonds. The van der Waals surface area contributed by atoms with E-state index < -0.39 is 0 Å². The van der Waals surface area contributed by atoms with Crippen molar-refractivity contribution in [2.24, 2.45) is 5.41 Å². The lowest BCUT2D eigenvalue weighted by Gasteiger charge is -2.18. The third-order valence-corrected chi connectivity index (χ3v) is 7.05. The van der Waals surface area contributed by atoms with E-state index in [4.69, 9.17) is 9.40 Å². The van der Waals surface area contributed by atoms with Crippen LogP contribution in [0.25, 0.3) is 44.3 Å². The van der Waals surface area contributed by atoms with Gasteiger partial charge in [-0.05, 0) is 95.8 Å². The SMILES string of the molecule is Cc1cc(C)c2c(C(C)C)cc(-c3nccc4oc(-c5ccc(CC(C)(C)C)cc5C)cc34)cc2c1. The Labute approximate surface area is 215 Å².